The molecule has 0 heterocycles. The minimum Gasteiger partial charge on any atom is -0.496 e. The van der Waals surface area contributed by atoms with Gasteiger partial charge in [-0.2, -0.15) is 0 Å². The number of methoxy groups -OCH3 is 1. The number of hydrogen-bond donors (Lipinski definition) is 1. The van der Waals surface area contributed by atoms with Crippen LogP contribution in [0.15, 0.2) is 12.1 Å². The highest BCUT2D eigenvalue weighted by atomic mass is 35.5. The Hall–Kier alpha value is -0.730. The summed E-state index contributed by atoms with van der Waals surface area (Å²) in [5, 5.41) is 0. The molecule has 0 aliphatic carbocycles. The van der Waals surface area contributed by atoms with E-state index in [2.05, 4.69) is 0 Å². The Labute approximate surface area is 83.6 Å². The van der Waals surface area contributed by atoms with E-state index in [0.717, 1.165) is 11.3 Å². The highest BCUT2D eigenvalue weighted by Gasteiger charge is 2.10. The van der Waals surface area contributed by atoms with E-state index >= 15 is 0 Å². The van der Waals surface area contributed by atoms with Crippen molar-refractivity contribution in [1.29, 1.82) is 0 Å². The first-order valence-electron chi connectivity index (χ1n) is 4.11. The second-order valence-electron chi connectivity index (χ2n) is 3.08. The summed E-state index contributed by atoms with van der Waals surface area (Å²) in [7, 11) is 1.62. The average molecular weight is 200 g/mol. The van der Waals surface area contributed by atoms with Crippen LogP contribution in [0.25, 0.3) is 0 Å². The van der Waals surface area contributed by atoms with Gasteiger partial charge in [-0.05, 0) is 37.1 Å². The van der Waals surface area contributed by atoms with Gasteiger partial charge in [0.2, 0.25) is 0 Å². The van der Waals surface area contributed by atoms with E-state index in [1.165, 1.54) is 11.1 Å². The van der Waals surface area contributed by atoms with E-state index < -0.39 is 5.50 Å². The lowest BCUT2D eigenvalue weighted by molar-refractivity contribution is 0.409. The summed E-state index contributed by atoms with van der Waals surface area (Å²) in [5.74, 6) is 0.755. The summed E-state index contributed by atoms with van der Waals surface area (Å²) in [6.07, 6.45) is 0. The molecule has 1 rings (SSSR count). The minimum atomic E-state index is -0.505. The summed E-state index contributed by atoms with van der Waals surface area (Å²) >= 11 is 5.81. The molecule has 0 bridgehead atoms. The van der Waals surface area contributed by atoms with Crippen molar-refractivity contribution in [3.05, 3.63) is 28.8 Å². The molecule has 1 aromatic carbocycles. The molecule has 0 aliphatic heterocycles. The van der Waals surface area contributed by atoms with Crippen LogP contribution in [0.3, 0.4) is 0 Å². The maximum atomic E-state index is 5.81. The Kier molecular flexibility index (Phi) is 3.17. The Morgan fingerprint density at radius 2 is 1.85 bits per heavy atom. The van der Waals surface area contributed by atoms with Crippen molar-refractivity contribution in [3.63, 3.8) is 0 Å². The number of alkyl halides is 1. The normalized spacial score (nSPS) is 12.7. The molecule has 1 atom stereocenters. The quantitative estimate of drug-likeness (QED) is 0.587. The molecule has 1 aromatic rings. The van der Waals surface area contributed by atoms with Crippen molar-refractivity contribution in [2.24, 2.45) is 5.73 Å². The molecule has 0 saturated carbocycles. The first-order valence-corrected chi connectivity index (χ1v) is 4.54. The van der Waals surface area contributed by atoms with Gasteiger partial charge in [0.1, 0.15) is 11.3 Å². The van der Waals surface area contributed by atoms with E-state index in [0.29, 0.717) is 0 Å². The summed E-state index contributed by atoms with van der Waals surface area (Å²) in [4.78, 5) is 0. The van der Waals surface area contributed by atoms with Crippen LogP contribution in [0.1, 0.15) is 22.2 Å². The lowest BCUT2D eigenvalue weighted by Gasteiger charge is -2.12. The molecule has 2 N–H and O–H groups in total. The molecule has 0 radical (unpaired) electrons. The largest absolute Gasteiger partial charge is 0.496 e. The molecule has 0 aromatic heterocycles. The molecule has 0 aliphatic rings. The molecule has 72 valence electrons. The summed E-state index contributed by atoms with van der Waals surface area (Å²) < 4.78 is 5.18. The van der Waals surface area contributed by atoms with Crippen LogP contribution >= 0.6 is 11.6 Å². The van der Waals surface area contributed by atoms with Gasteiger partial charge in [0, 0.05) is 5.56 Å². The van der Waals surface area contributed by atoms with Crippen molar-refractivity contribution in [2.75, 3.05) is 7.11 Å². The van der Waals surface area contributed by atoms with Gasteiger partial charge in [-0.25, -0.2) is 0 Å². The number of halogens is 1. The monoisotopic (exact) mass is 199 g/mol. The molecule has 2 nitrogen and oxygen atoms in total. The maximum absolute atomic E-state index is 5.81. The third-order valence-corrected chi connectivity index (χ3v) is 2.38. The van der Waals surface area contributed by atoms with Gasteiger partial charge in [0.25, 0.3) is 0 Å². The predicted octanol–water partition coefficient (Wildman–Crippen LogP) is 2.51. The maximum Gasteiger partial charge on any atom is 0.125 e. The molecule has 1 unspecified atom stereocenters. The molecule has 0 fully saturated rings. The first kappa shape index (κ1) is 10.4. The van der Waals surface area contributed by atoms with Gasteiger partial charge in [-0.1, -0.05) is 0 Å². The van der Waals surface area contributed by atoms with Gasteiger partial charge in [0.15, 0.2) is 0 Å². The first-order chi connectivity index (χ1) is 6.06. The third kappa shape index (κ3) is 2.14. The fraction of sp³-hybridized carbons (Fsp3) is 0.400. The standard InChI is InChI=1S/C10H14ClNO/c1-6-4-8(10(11)12)9(13-3)5-7(6)2/h4-5,10H,12H2,1-3H3. The zero-order valence-corrected chi connectivity index (χ0v) is 8.85. The van der Waals surface area contributed by atoms with Crippen LogP contribution in [-0.2, 0) is 0 Å². The highest BCUT2D eigenvalue weighted by Crippen LogP contribution is 2.28. The second-order valence-corrected chi connectivity index (χ2v) is 3.55. The molecular weight excluding hydrogens is 186 g/mol. The molecule has 0 amide bonds. The van der Waals surface area contributed by atoms with E-state index in [1.807, 2.05) is 26.0 Å². The zero-order valence-electron chi connectivity index (χ0n) is 8.10. The fourth-order valence-electron chi connectivity index (χ4n) is 1.20. The van der Waals surface area contributed by atoms with Crippen molar-refractivity contribution in [2.45, 2.75) is 19.3 Å². The predicted molar refractivity (Wildman–Crippen MR) is 55.2 cm³/mol. The van der Waals surface area contributed by atoms with Crippen LogP contribution in [0.5, 0.6) is 5.75 Å². The Bertz CT molecular complexity index is 310. The molecule has 3 heteroatoms. The number of benzene rings is 1. The highest BCUT2D eigenvalue weighted by molar-refractivity contribution is 6.20. The van der Waals surface area contributed by atoms with Gasteiger partial charge < -0.3 is 10.5 Å². The topological polar surface area (TPSA) is 35.2 Å². The van der Waals surface area contributed by atoms with Gasteiger partial charge in [-0.15, -0.1) is 11.6 Å². The molecular formula is C10H14ClNO. The van der Waals surface area contributed by atoms with E-state index in [9.17, 15) is 0 Å². The van der Waals surface area contributed by atoms with Gasteiger partial charge in [0.05, 0.1) is 7.11 Å². The van der Waals surface area contributed by atoms with Gasteiger partial charge >= 0.3 is 0 Å². The summed E-state index contributed by atoms with van der Waals surface area (Å²) in [5.41, 5.74) is 8.28. The third-order valence-electron chi connectivity index (χ3n) is 2.14. The van der Waals surface area contributed by atoms with Crippen LogP contribution in [0.4, 0.5) is 0 Å². The zero-order chi connectivity index (χ0) is 10.0. The van der Waals surface area contributed by atoms with Crippen LogP contribution in [0.2, 0.25) is 0 Å². The van der Waals surface area contributed by atoms with Crippen molar-refractivity contribution >= 4 is 11.6 Å². The average Bonchev–Trinajstić information content (AvgIpc) is 2.08. The fourth-order valence-corrected chi connectivity index (χ4v) is 1.37. The van der Waals surface area contributed by atoms with Crippen LogP contribution in [-0.4, -0.2) is 7.11 Å². The van der Waals surface area contributed by atoms with Crippen LogP contribution < -0.4 is 10.5 Å². The summed E-state index contributed by atoms with van der Waals surface area (Å²) in [6, 6.07) is 3.92. The summed E-state index contributed by atoms with van der Waals surface area (Å²) in [6.45, 7) is 4.05. The number of rotatable bonds is 2. The second kappa shape index (κ2) is 3.99. The Morgan fingerprint density at radius 3 is 2.31 bits per heavy atom. The van der Waals surface area contributed by atoms with E-state index in [-0.39, 0.29) is 0 Å². The molecule has 0 spiro atoms. The molecule has 13 heavy (non-hydrogen) atoms. The SMILES string of the molecule is COc1cc(C)c(C)cc1C(N)Cl. The van der Waals surface area contributed by atoms with E-state index in [4.69, 9.17) is 22.1 Å². The number of aryl methyl sites for hydroxylation is 2. The van der Waals surface area contributed by atoms with E-state index in [1.54, 1.807) is 7.11 Å². The molecule has 0 saturated heterocycles. The van der Waals surface area contributed by atoms with Gasteiger partial charge in [-0.3, -0.25) is 0 Å². The number of hydrogen-bond acceptors (Lipinski definition) is 2. The smallest absolute Gasteiger partial charge is 0.125 e. The van der Waals surface area contributed by atoms with Crippen molar-refractivity contribution < 1.29 is 4.74 Å². The minimum absolute atomic E-state index is 0.505. The number of nitrogens with two attached hydrogens (primary N) is 1. The lowest BCUT2D eigenvalue weighted by atomic mass is 10.1. The lowest BCUT2D eigenvalue weighted by Crippen LogP contribution is -2.05. The Morgan fingerprint density at radius 1 is 1.31 bits per heavy atom. The van der Waals surface area contributed by atoms with Crippen molar-refractivity contribution in [3.8, 4) is 5.75 Å². The Balaban J connectivity index is 3.25. The number of ether oxygens (including phenoxy) is 1. The van der Waals surface area contributed by atoms with Crippen molar-refractivity contribution in [1.82, 2.24) is 0 Å². The van der Waals surface area contributed by atoms with Crippen LogP contribution in [0, 0.1) is 13.8 Å².